The minimum absolute atomic E-state index is 0.0751. The van der Waals surface area contributed by atoms with Crippen LogP contribution in [0.15, 0.2) is 24.3 Å². The summed E-state index contributed by atoms with van der Waals surface area (Å²) < 4.78 is 5.22. The first-order valence-corrected chi connectivity index (χ1v) is 5.00. The minimum Gasteiger partial charge on any atom is -0.484 e. The van der Waals surface area contributed by atoms with Gasteiger partial charge >= 0.3 is 0 Å². The lowest BCUT2D eigenvalue weighted by atomic mass is 10.3. The van der Waals surface area contributed by atoms with Crippen molar-refractivity contribution in [1.82, 2.24) is 5.32 Å². The van der Waals surface area contributed by atoms with Crippen molar-refractivity contribution in [3.05, 3.63) is 24.3 Å². The number of aliphatic hydroxyl groups excluding tert-OH is 1. The molecule has 88 valence electrons. The Labute approximate surface area is 94.2 Å². The molecule has 16 heavy (non-hydrogen) atoms. The van der Waals surface area contributed by atoms with E-state index in [1.54, 1.807) is 31.2 Å². The van der Waals surface area contributed by atoms with Gasteiger partial charge in [-0.3, -0.25) is 4.79 Å². The highest BCUT2D eigenvalue weighted by Crippen LogP contribution is 2.12. The van der Waals surface area contributed by atoms with Gasteiger partial charge < -0.3 is 20.9 Å². The Morgan fingerprint density at radius 3 is 2.69 bits per heavy atom. The molecule has 4 N–H and O–H groups in total. The molecular weight excluding hydrogens is 208 g/mol. The van der Waals surface area contributed by atoms with Crippen LogP contribution in [0.5, 0.6) is 5.75 Å². The monoisotopic (exact) mass is 224 g/mol. The summed E-state index contributed by atoms with van der Waals surface area (Å²) in [5.41, 5.74) is 6.15. The zero-order chi connectivity index (χ0) is 12.0. The predicted molar refractivity (Wildman–Crippen MR) is 61.0 cm³/mol. The van der Waals surface area contributed by atoms with Crippen LogP contribution in [0.2, 0.25) is 0 Å². The molecule has 0 radical (unpaired) electrons. The molecule has 1 amide bonds. The molecular formula is C11H16N2O3. The Bertz CT molecular complexity index is 338. The molecule has 5 heteroatoms. The number of amides is 1. The molecule has 0 spiro atoms. The summed E-state index contributed by atoms with van der Waals surface area (Å²) in [6, 6.07) is 6.52. The molecule has 0 aliphatic rings. The maximum absolute atomic E-state index is 11.3. The average molecular weight is 224 g/mol. The van der Waals surface area contributed by atoms with E-state index in [2.05, 4.69) is 5.32 Å². The third-order valence-electron chi connectivity index (χ3n) is 1.93. The van der Waals surface area contributed by atoms with Crippen LogP contribution in [-0.4, -0.2) is 30.3 Å². The van der Waals surface area contributed by atoms with Crippen LogP contribution in [0.4, 0.5) is 5.69 Å². The van der Waals surface area contributed by atoms with Crippen LogP contribution in [0, 0.1) is 0 Å². The maximum Gasteiger partial charge on any atom is 0.258 e. The van der Waals surface area contributed by atoms with Gasteiger partial charge in [-0.15, -0.1) is 0 Å². The van der Waals surface area contributed by atoms with Crippen LogP contribution in [0.25, 0.3) is 0 Å². The Morgan fingerprint density at radius 1 is 1.50 bits per heavy atom. The molecule has 1 atom stereocenters. The van der Waals surface area contributed by atoms with Crippen molar-refractivity contribution in [2.45, 2.75) is 13.0 Å². The van der Waals surface area contributed by atoms with Crippen molar-refractivity contribution in [2.75, 3.05) is 18.9 Å². The van der Waals surface area contributed by atoms with Crippen LogP contribution in [0.1, 0.15) is 6.92 Å². The van der Waals surface area contributed by atoms with Crippen molar-refractivity contribution in [1.29, 1.82) is 0 Å². The van der Waals surface area contributed by atoms with E-state index in [4.69, 9.17) is 15.6 Å². The number of aliphatic hydroxyl groups is 1. The second-order valence-corrected chi connectivity index (χ2v) is 3.51. The van der Waals surface area contributed by atoms with E-state index in [1.807, 2.05) is 0 Å². The molecule has 0 saturated carbocycles. The van der Waals surface area contributed by atoms with E-state index in [-0.39, 0.29) is 25.2 Å². The summed E-state index contributed by atoms with van der Waals surface area (Å²) in [7, 11) is 0. The molecule has 1 aromatic carbocycles. The highest BCUT2D eigenvalue weighted by Gasteiger charge is 2.06. The largest absolute Gasteiger partial charge is 0.484 e. The van der Waals surface area contributed by atoms with Gasteiger partial charge in [0, 0.05) is 11.7 Å². The van der Waals surface area contributed by atoms with Gasteiger partial charge in [0.05, 0.1) is 6.61 Å². The van der Waals surface area contributed by atoms with E-state index < -0.39 is 0 Å². The van der Waals surface area contributed by atoms with Gasteiger partial charge in [-0.25, -0.2) is 0 Å². The lowest BCUT2D eigenvalue weighted by Crippen LogP contribution is -2.38. The van der Waals surface area contributed by atoms with Crippen molar-refractivity contribution in [3.63, 3.8) is 0 Å². The van der Waals surface area contributed by atoms with Gasteiger partial charge in [0.15, 0.2) is 6.61 Å². The van der Waals surface area contributed by atoms with E-state index >= 15 is 0 Å². The first kappa shape index (κ1) is 12.3. The fraction of sp³-hybridized carbons (Fsp3) is 0.364. The lowest BCUT2D eigenvalue weighted by molar-refractivity contribution is -0.123. The molecule has 1 unspecified atom stereocenters. The number of rotatable bonds is 5. The fourth-order valence-corrected chi connectivity index (χ4v) is 1.08. The summed E-state index contributed by atoms with van der Waals surface area (Å²) in [6.45, 7) is 1.54. The molecule has 0 aliphatic carbocycles. The molecule has 0 heterocycles. The number of hydrogen-bond donors (Lipinski definition) is 3. The van der Waals surface area contributed by atoms with E-state index in [0.29, 0.717) is 11.4 Å². The number of carbonyl (C=O) groups excluding carboxylic acids is 1. The van der Waals surface area contributed by atoms with Crippen molar-refractivity contribution >= 4 is 11.6 Å². The molecule has 0 bridgehead atoms. The number of hydrogen-bond acceptors (Lipinski definition) is 4. The van der Waals surface area contributed by atoms with Crippen LogP contribution < -0.4 is 15.8 Å². The predicted octanol–water partition coefficient (Wildman–Crippen LogP) is 0.145. The molecule has 0 saturated heterocycles. The van der Waals surface area contributed by atoms with Crippen molar-refractivity contribution < 1.29 is 14.6 Å². The highest BCUT2D eigenvalue weighted by atomic mass is 16.5. The van der Waals surface area contributed by atoms with Gasteiger partial charge in [-0.2, -0.15) is 0 Å². The highest BCUT2D eigenvalue weighted by molar-refractivity contribution is 5.77. The first-order chi connectivity index (χ1) is 7.61. The molecule has 1 aromatic rings. The molecule has 5 nitrogen and oxygen atoms in total. The Hall–Kier alpha value is -1.75. The fourth-order valence-electron chi connectivity index (χ4n) is 1.08. The Kier molecular flexibility index (Phi) is 4.60. The molecule has 1 rings (SSSR count). The number of nitrogen functional groups attached to an aromatic ring is 1. The topological polar surface area (TPSA) is 84.6 Å². The normalized spacial score (nSPS) is 11.9. The molecule has 0 aliphatic heterocycles. The first-order valence-electron chi connectivity index (χ1n) is 5.00. The van der Waals surface area contributed by atoms with Crippen molar-refractivity contribution in [3.8, 4) is 5.75 Å². The van der Waals surface area contributed by atoms with E-state index in [9.17, 15) is 4.79 Å². The Balaban J connectivity index is 2.34. The lowest BCUT2D eigenvalue weighted by Gasteiger charge is -2.11. The van der Waals surface area contributed by atoms with Crippen LogP contribution in [0.3, 0.4) is 0 Å². The number of nitrogens with one attached hydrogen (secondary N) is 1. The van der Waals surface area contributed by atoms with Gasteiger partial charge in [0.1, 0.15) is 5.75 Å². The van der Waals surface area contributed by atoms with E-state index in [1.165, 1.54) is 0 Å². The summed E-state index contributed by atoms with van der Waals surface area (Å²) in [5.74, 6) is 0.319. The average Bonchev–Trinajstić information content (AvgIpc) is 2.28. The SMILES string of the molecule is CC(CO)NC(=O)COc1ccc(N)cc1. The molecule has 0 aromatic heterocycles. The second kappa shape index (κ2) is 5.97. The van der Waals surface area contributed by atoms with Gasteiger partial charge in [-0.1, -0.05) is 0 Å². The standard InChI is InChI=1S/C11H16N2O3/c1-8(6-14)13-11(15)7-16-10-4-2-9(12)3-5-10/h2-5,8,14H,6-7,12H2,1H3,(H,13,15). The van der Waals surface area contributed by atoms with Crippen molar-refractivity contribution in [2.24, 2.45) is 0 Å². The Morgan fingerprint density at radius 2 is 2.12 bits per heavy atom. The number of anilines is 1. The second-order valence-electron chi connectivity index (χ2n) is 3.51. The zero-order valence-corrected chi connectivity index (χ0v) is 9.14. The van der Waals surface area contributed by atoms with Gasteiger partial charge in [0.25, 0.3) is 5.91 Å². The number of ether oxygens (including phenoxy) is 1. The summed E-state index contributed by atoms with van der Waals surface area (Å²) in [6.07, 6.45) is 0. The third kappa shape index (κ3) is 4.18. The maximum atomic E-state index is 11.3. The van der Waals surface area contributed by atoms with Crippen LogP contribution >= 0.6 is 0 Å². The summed E-state index contributed by atoms with van der Waals surface area (Å²) in [4.78, 5) is 11.3. The number of carbonyl (C=O) groups is 1. The quantitative estimate of drug-likeness (QED) is 0.621. The van der Waals surface area contributed by atoms with Gasteiger partial charge in [-0.05, 0) is 31.2 Å². The molecule has 0 fully saturated rings. The number of nitrogens with two attached hydrogens (primary N) is 1. The summed E-state index contributed by atoms with van der Waals surface area (Å²) >= 11 is 0. The summed E-state index contributed by atoms with van der Waals surface area (Å²) in [5, 5.41) is 11.3. The third-order valence-corrected chi connectivity index (χ3v) is 1.93. The van der Waals surface area contributed by atoms with Crippen LogP contribution in [-0.2, 0) is 4.79 Å². The number of benzene rings is 1. The van der Waals surface area contributed by atoms with Gasteiger partial charge in [0.2, 0.25) is 0 Å². The smallest absolute Gasteiger partial charge is 0.258 e. The van der Waals surface area contributed by atoms with E-state index in [0.717, 1.165) is 0 Å². The minimum atomic E-state index is -0.265. The zero-order valence-electron chi connectivity index (χ0n) is 9.14.